The molecule has 1 fully saturated rings. The van der Waals surface area contributed by atoms with Gasteiger partial charge in [0.2, 0.25) is 5.91 Å². The number of rotatable bonds is 5. The highest BCUT2D eigenvalue weighted by atomic mass is 19.4. The third-order valence-corrected chi connectivity index (χ3v) is 5.50. The van der Waals surface area contributed by atoms with Crippen LogP contribution in [0.15, 0.2) is 48.5 Å². The minimum Gasteiger partial charge on any atom is -0.355 e. The molecule has 2 aromatic carbocycles. The van der Waals surface area contributed by atoms with Gasteiger partial charge in [0.05, 0.1) is 5.56 Å². The largest absolute Gasteiger partial charge is 0.416 e. The number of likely N-dealkylation sites (tertiary alicyclic amines) is 1. The number of carbonyl (C=O) groups is 3. The summed E-state index contributed by atoms with van der Waals surface area (Å²) in [7, 11) is 1.55. The van der Waals surface area contributed by atoms with Crippen LogP contribution in [0.1, 0.15) is 44.7 Å². The molecule has 32 heavy (non-hydrogen) atoms. The molecule has 0 spiro atoms. The van der Waals surface area contributed by atoms with Gasteiger partial charge >= 0.3 is 6.18 Å². The molecule has 1 saturated heterocycles. The fraction of sp³-hybridized carbons (Fsp3) is 0.348. The van der Waals surface area contributed by atoms with Gasteiger partial charge in [-0.15, -0.1) is 0 Å². The molecule has 170 valence electrons. The Balaban J connectivity index is 1.50. The number of nitrogens with zero attached hydrogens (tertiary/aromatic N) is 1. The first kappa shape index (κ1) is 23.3. The van der Waals surface area contributed by atoms with E-state index in [4.69, 9.17) is 0 Å². The molecule has 2 N–H and O–H groups in total. The van der Waals surface area contributed by atoms with Gasteiger partial charge < -0.3 is 15.5 Å². The molecular weight excluding hydrogens is 423 g/mol. The molecular formula is C23H24F3N3O3. The van der Waals surface area contributed by atoms with E-state index in [2.05, 4.69) is 10.6 Å². The van der Waals surface area contributed by atoms with Crippen molar-refractivity contribution in [2.24, 2.45) is 5.92 Å². The Bertz CT molecular complexity index is 982. The highest BCUT2D eigenvalue weighted by Crippen LogP contribution is 2.29. The first-order valence-corrected chi connectivity index (χ1v) is 10.2. The number of carbonyl (C=O) groups excluding carboxylic acids is 3. The minimum atomic E-state index is -4.45. The lowest BCUT2D eigenvalue weighted by Gasteiger charge is -2.31. The lowest BCUT2D eigenvalue weighted by molar-refractivity contribution is -0.137. The third kappa shape index (κ3) is 5.66. The second-order valence-corrected chi connectivity index (χ2v) is 7.64. The van der Waals surface area contributed by atoms with Crippen LogP contribution in [0.2, 0.25) is 0 Å². The number of amides is 3. The number of hydrogen-bond acceptors (Lipinski definition) is 3. The van der Waals surface area contributed by atoms with Crippen LogP contribution < -0.4 is 10.6 Å². The van der Waals surface area contributed by atoms with Gasteiger partial charge in [0.25, 0.3) is 11.8 Å². The zero-order valence-corrected chi connectivity index (χ0v) is 17.5. The Morgan fingerprint density at radius 3 is 2.25 bits per heavy atom. The third-order valence-electron chi connectivity index (χ3n) is 5.50. The van der Waals surface area contributed by atoms with Crippen molar-refractivity contribution in [3.05, 3.63) is 70.8 Å². The van der Waals surface area contributed by atoms with Crippen LogP contribution in [-0.4, -0.2) is 42.8 Å². The fourth-order valence-corrected chi connectivity index (χ4v) is 3.63. The molecule has 1 heterocycles. The van der Waals surface area contributed by atoms with Crippen molar-refractivity contribution in [2.75, 3.05) is 20.1 Å². The smallest absolute Gasteiger partial charge is 0.355 e. The van der Waals surface area contributed by atoms with E-state index >= 15 is 0 Å². The van der Waals surface area contributed by atoms with E-state index in [1.54, 1.807) is 30.1 Å². The SMILES string of the molecule is CNC(=O)c1cccc(CNC(=O)C2CCN(C(=O)c3ccc(C(F)(F)F)cc3)CC2)c1. The summed E-state index contributed by atoms with van der Waals surface area (Å²) < 4.78 is 38.1. The maximum atomic E-state index is 12.7. The molecule has 0 saturated carbocycles. The molecule has 1 aliphatic rings. The number of benzene rings is 2. The summed E-state index contributed by atoms with van der Waals surface area (Å²) in [5.74, 6) is -0.933. The Hall–Kier alpha value is -3.36. The molecule has 0 atom stereocenters. The van der Waals surface area contributed by atoms with Gasteiger partial charge in [0, 0.05) is 43.7 Å². The highest BCUT2D eigenvalue weighted by Gasteiger charge is 2.31. The Morgan fingerprint density at radius 1 is 1.00 bits per heavy atom. The summed E-state index contributed by atoms with van der Waals surface area (Å²) in [6.07, 6.45) is -3.51. The van der Waals surface area contributed by atoms with E-state index in [9.17, 15) is 27.6 Å². The van der Waals surface area contributed by atoms with Crippen LogP contribution in [0.3, 0.4) is 0 Å². The maximum absolute atomic E-state index is 12.7. The molecule has 1 aliphatic heterocycles. The first-order chi connectivity index (χ1) is 15.2. The van der Waals surface area contributed by atoms with E-state index < -0.39 is 11.7 Å². The van der Waals surface area contributed by atoms with Crippen LogP contribution in [0.25, 0.3) is 0 Å². The average Bonchev–Trinajstić information content (AvgIpc) is 2.81. The molecule has 0 radical (unpaired) electrons. The summed E-state index contributed by atoms with van der Waals surface area (Å²) in [6.45, 7) is 0.989. The lowest BCUT2D eigenvalue weighted by atomic mass is 9.95. The second kappa shape index (κ2) is 9.84. The van der Waals surface area contributed by atoms with Crippen molar-refractivity contribution in [2.45, 2.75) is 25.6 Å². The predicted octanol–water partition coefficient (Wildman–Crippen LogP) is 3.23. The minimum absolute atomic E-state index is 0.128. The van der Waals surface area contributed by atoms with E-state index in [0.29, 0.717) is 31.5 Å². The van der Waals surface area contributed by atoms with Crippen molar-refractivity contribution in [1.82, 2.24) is 15.5 Å². The molecule has 6 nitrogen and oxygen atoms in total. The van der Waals surface area contributed by atoms with E-state index in [1.165, 1.54) is 12.1 Å². The number of halogens is 3. The van der Waals surface area contributed by atoms with Crippen molar-refractivity contribution in [3.63, 3.8) is 0 Å². The van der Waals surface area contributed by atoms with Gasteiger partial charge in [-0.1, -0.05) is 12.1 Å². The van der Waals surface area contributed by atoms with Gasteiger partial charge in [0.1, 0.15) is 0 Å². The molecule has 0 aliphatic carbocycles. The van der Waals surface area contributed by atoms with Crippen molar-refractivity contribution in [3.8, 4) is 0 Å². The Morgan fingerprint density at radius 2 is 1.66 bits per heavy atom. The normalized spacial score (nSPS) is 14.7. The standard InChI is InChI=1S/C23H24F3N3O3/c1-27-20(30)18-4-2-3-15(13-18)14-28-21(31)16-9-11-29(12-10-16)22(32)17-5-7-19(8-6-17)23(24,25)26/h2-8,13,16H,9-12,14H2,1H3,(H,27,30)(H,28,31). The summed E-state index contributed by atoms with van der Waals surface area (Å²) in [5, 5.41) is 5.42. The summed E-state index contributed by atoms with van der Waals surface area (Å²) >= 11 is 0. The highest BCUT2D eigenvalue weighted by molar-refractivity contribution is 5.95. The predicted molar refractivity (Wildman–Crippen MR) is 112 cm³/mol. The maximum Gasteiger partial charge on any atom is 0.416 e. The Kier molecular flexibility index (Phi) is 7.17. The molecule has 3 rings (SSSR count). The number of hydrogen-bond donors (Lipinski definition) is 2. The zero-order chi connectivity index (χ0) is 23.3. The van der Waals surface area contributed by atoms with Gasteiger partial charge in [-0.25, -0.2) is 0 Å². The molecule has 0 unspecified atom stereocenters. The van der Waals surface area contributed by atoms with Crippen molar-refractivity contribution in [1.29, 1.82) is 0 Å². The number of piperidine rings is 1. The van der Waals surface area contributed by atoms with Gasteiger partial charge in [-0.2, -0.15) is 13.2 Å². The molecule has 3 amide bonds. The summed E-state index contributed by atoms with van der Waals surface area (Å²) in [4.78, 5) is 38.4. The van der Waals surface area contributed by atoms with Crippen molar-refractivity contribution >= 4 is 17.7 Å². The quantitative estimate of drug-likeness (QED) is 0.739. The van der Waals surface area contributed by atoms with Crippen LogP contribution in [-0.2, 0) is 17.5 Å². The van der Waals surface area contributed by atoms with E-state index in [-0.39, 0.29) is 35.7 Å². The monoisotopic (exact) mass is 447 g/mol. The molecule has 0 bridgehead atoms. The zero-order valence-electron chi connectivity index (χ0n) is 17.5. The van der Waals surface area contributed by atoms with Crippen LogP contribution in [0.4, 0.5) is 13.2 Å². The topological polar surface area (TPSA) is 78.5 Å². The first-order valence-electron chi connectivity index (χ1n) is 10.2. The fourth-order valence-electron chi connectivity index (χ4n) is 3.63. The van der Waals surface area contributed by atoms with E-state index in [1.807, 2.05) is 6.07 Å². The van der Waals surface area contributed by atoms with Crippen LogP contribution in [0, 0.1) is 5.92 Å². The Labute approximate surface area is 183 Å². The van der Waals surface area contributed by atoms with Crippen molar-refractivity contribution < 1.29 is 27.6 Å². The van der Waals surface area contributed by atoms with Crippen LogP contribution in [0.5, 0.6) is 0 Å². The van der Waals surface area contributed by atoms with Gasteiger partial charge in [-0.05, 0) is 54.8 Å². The summed E-state index contributed by atoms with van der Waals surface area (Å²) in [5.41, 5.74) is 0.700. The number of nitrogens with one attached hydrogen (secondary N) is 2. The summed E-state index contributed by atoms with van der Waals surface area (Å²) in [6, 6.07) is 11.1. The van der Waals surface area contributed by atoms with Crippen LogP contribution >= 0.6 is 0 Å². The van der Waals surface area contributed by atoms with Gasteiger partial charge in [-0.3, -0.25) is 14.4 Å². The molecule has 9 heteroatoms. The second-order valence-electron chi connectivity index (χ2n) is 7.64. The molecule has 0 aromatic heterocycles. The van der Waals surface area contributed by atoms with Gasteiger partial charge in [0.15, 0.2) is 0 Å². The average molecular weight is 447 g/mol. The van der Waals surface area contributed by atoms with E-state index in [0.717, 1.165) is 17.7 Å². The molecule has 2 aromatic rings. The lowest BCUT2D eigenvalue weighted by Crippen LogP contribution is -2.43. The number of alkyl halides is 3.